The highest BCUT2D eigenvalue weighted by molar-refractivity contribution is 6.03. The van der Waals surface area contributed by atoms with Crippen molar-refractivity contribution in [3.8, 4) is 11.1 Å². The number of ketones is 1. The molecular weight excluding hydrogens is 238 g/mol. The van der Waals surface area contributed by atoms with Crippen LogP contribution in [-0.4, -0.2) is 34.7 Å². The highest BCUT2D eigenvalue weighted by Gasteiger charge is 2.04. The first-order valence-electron chi connectivity index (χ1n) is 5.92. The number of carbonyl (C=O) groups is 1. The quantitative estimate of drug-likeness (QED) is 0.620. The van der Waals surface area contributed by atoms with Crippen LogP contribution in [0.15, 0.2) is 55.1 Å². The molecule has 0 aliphatic heterocycles. The summed E-state index contributed by atoms with van der Waals surface area (Å²) in [4.78, 5) is 21.8. The van der Waals surface area contributed by atoms with Gasteiger partial charge in [-0.25, -0.2) is 0 Å². The molecule has 0 fully saturated rings. The van der Waals surface area contributed by atoms with Crippen molar-refractivity contribution in [1.29, 1.82) is 0 Å². The molecule has 0 aliphatic carbocycles. The van der Waals surface area contributed by atoms with Gasteiger partial charge in [-0.05, 0) is 23.8 Å². The Morgan fingerprint density at radius 1 is 1.11 bits per heavy atom. The van der Waals surface area contributed by atoms with E-state index in [0.29, 0.717) is 5.69 Å². The van der Waals surface area contributed by atoms with Crippen molar-refractivity contribution in [1.82, 2.24) is 14.9 Å². The van der Waals surface area contributed by atoms with Crippen LogP contribution in [0.25, 0.3) is 11.1 Å². The molecule has 0 aromatic carbocycles. The van der Waals surface area contributed by atoms with E-state index in [2.05, 4.69) is 9.97 Å². The molecule has 2 rings (SSSR count). The smallest absolute Gasteiger partial charge is 0.205 e. The zero-order valence-electron chi connectivity index (χ0n) is 10.9. The van der Waals surface area contributed by atoms with Crippen LogP contribution >= 0.6 is 0 Å². The van der Waals surface area contributed by atoms with Gasteiger partial charge >= 0.3 is 0 Å². The molecule has 0 saturated heterocycles. The van der Waals surface area contributed by atoms with Crippen LogP contribution in [0.3, 0.4) is 0 Å². The first-order chi connectivity index (χ1) is 9.16. The van der Waals surface area contributed by atoms with Crippen LogP contribution in [0.2, 0.25) is 0 Å². The van der Waals surface area contributed by atoms with Crippen LogP contribution in [0, 0.1) is 0 Å². The van der Waals surface area contributed by atoms with Gasteiger partial charge in [-0.1, -0.05) is 6.07 Å². The zero-order valence-corrected chi connectivity index (χ0v) is 10.9. The summed E-state index contributed by atoms with van der Waals surface area (Å²) >= 11 is 0. The van der Waals surface area contributed by atoms with Crippen molar-refractivity contribution < 1.29 is 4.79 Å². The monoisotopic (exact) mass is 253 g/mol. The summed E-state index contributed by atoms with van der Waals surface area (Å²) in [5.74, 6) is -0.102. The Kier molecular flexibility index (Phi) is 4.03. The number of hydrogen-bond acceptors (Lipinski definition) is 4. The van der Waals surface area contributed by atoms with Crippen molar-refractivity contribution in [3.63, 3.8) is 0 Å². The van der Waals surface area contributed by atoms with E-state index in [1.807, 2.05) is 37.2 Å². The molecule has 19 heavy (non-hydrogen) atoms. The Labute approximate surface area is 112 Å². The molecule has 0 N–H and O–H groups in total. The fourth-order valence-electron chi connectivity index (χ4n) is 1.56. The topological polar surface area (TPSA) is 46.1 Å². The van der Waals surface area contributed by atoms with E-state index in [1.165, 1.54) is 6.08 Å². The summed E-state index contributed by atoms with van der Waals surface area (Å²) in [7, 11) is 3.73. The van der Waals surface area contributed by atoms with Crippen molar-refractivity contribution in [3.05, 3.63) is 60.8 Å². The third-order valence-corrected chi connectivity index (χ3v) is 2.55. The lowest BCUT2D eigenvalue weighted by Gasteiger charge is -2.03. The molecule has 96 valence electrons. The molecule has 0 aliphatic rings. The summed E-state index contributed by atoms with van der Waals surface area (Å²) in [5.41, 5.74) is 2.44. The third kappa shape index (κ3) is 3.48. The van der Waals surface area contributed by atoms with Gasteiger partial charge in [0.25, 0.3) is 0 Å². The summed E-state index contributed by atoms with van der Waals surface area (Å²) in [6, 6.07) is 7.44. The number of carbonyl (C=O) groups excluding carboxylic acids is 1. The summed E-state index contributed by atoms with van der Waals surface area (Å²) in [5, 5.41) is 0. The molecular formula is C15H15N3O. The molecule has 2 heterocycles. The van der Waals surface area contributed by atoms with Gasteiger partial charge in [0.05, 0.1) is 0 Å². The van der Waals surface area contributed by atoms with Crippen LogP contribution in [0.5, 0.6) is 0 Å². The standard InChI is InChI=1S/C15H15N3O/c1-18(2)10-7-15(19)14-4-3-13(11-17-14)12-5-8-16-9-6-12/h3-11H,1-2H3. The second-order valence-corrected chi connectivity index (χ2v) is 4.31. The van der Waals surface area contributed by atoms with E-state index in [-0.39, 0.29) is 5.78 Å². The molecule has 0 bridgehead atoms. The Morgan fingerprint density at radius 3 is 2.42 bits per heavy atom. The SMILES string of the molecule is CN(C)C=CC(=O)c1ccc(-c2ccncc2)cn1. The summed E-state index contributed by atoms with van der Waals surface area (Å²) in [6.07, 6.45) is 8.38. The van der Waals surface area contributed by atoms with Crippen LogP contribution < -0.4 is 0 Å². The molecule has 0 amide bonds. The van der Waals surface area contributed by atoms with Gasteiger partial charge in [-0.3, -0.25) is 14.8 Å². The largest absolute Gasteiger partial charge is 0.383 e. The molecule has 0 atom stereocenters. The van der Waals surface area contributed by atoms with Crippen LogP contribution in [0.1, 0.15) is 10.5 Å². The van der Waals surface area contributed by atoms with Gasteiger partial charge in [0.2, 0.25) is 5.78 Å². The highest BCUT2D eigenvalue weighted by Crippen LogP contribution is 2.17. The molecule has 4 heteroatoms. The van der Waals surface area contributed by atoms with Crippen molar-refractivity contribution in [2.24, 2.45) is 0 Å². The molecule has 0 unspecified atom stereocenters. The van der Waals surface area contributed by atoms with Gasteiger partial charge in [-0.2, -0.15) is 0 Å². The second kappa shape index (κ2) is 5.91. The predicted octanol–water partition coefficient (Wildman–Crippen LogP) is 2.40. The lowest BCUT2D eigenvalue weighted by molar-refractivity contribution is 0.104. The first kappa shape index (κ1) is 13.0. The van der Waals surface area contributed by atoms with Crippen molar-refractivity contribution in [2.45, 2.75) is 0 Å². The Morgan fingerprint density at radius 2 is 1.84 bits per heavy atom. The first-order valence-corrected chi connectivity index (χ1v) is 5.92. The fraction of sp³-hybridized carbons (Fsp3) is 0.133. The third-order valence-electron chi connectivity index (χ3n) is 2.55. The normalized spacial score (nSPS) is 10.6. The maximum atomic E-state index is 11.8. The molecule has 0 saturated carbocycles. The van der Waals surface area contributed by atoms with Crippen molar-refractivity contribution in [2.75, 3.05) is 14.1 Å². The minimum Gasteiger partial charge on any atom is -0.383 e. The highest BCUT2D eigenvalue weighted by atomic mass is 16.1. The number of aromatic nitrogens is 2. The average Bonchev–Trinajstić information content (AvgIpc) is 2.46. The van der Waals surface area contributed by atoms with Crippen molar-refractivity contribution >= 4 is 5.78 Å². The van der Waals surface area contributed by atoms with Gasteiger partial charge < -0.3 is 4.90 Å². The average molecular weight is 253 g/mol. The van der Waals surface area contributed by atoms with E-state index in [9.17, 15) is 4.79 Å². The summed E-state index contributed by atoms with van der Waals surface area (Å²) in [6.45, 7) is 0. The molecule has 0 radical (unpaired) electrons. The lowest BCUT2D eigenvalue weighted by Crippen LogP contribution is -2.04. The molecule has 2 aromatic heterocycles. The maximum Gasteiger partial charge on any atom is 0.205 e. The summed E-state index contributed by atoms with van der Waals surface area (Å²) < 4.78 is 0. The maximum absolute atomic E-state index is 11.8. The number of allylic oxidation sites excluding steroid dienone is 1. The fourth-order valence-corrected chi connectivity index (χ4v) is 1.56. The van der Waals surface area contributed by atoms with Gasteiger partial charge in [-0.15, -0.1) is 0 Å². The molecule has 2 aromatic rings. The Balaban J connectivity index is 2.17. The lowest BCUT2D eigenvalue weighted by atomic mass is 10.1. The van der Waals surface area contributed by atoms with Crippen LogP contribution in [0.4, 0.5) is 0 Å². The Bertz CT molecular complexity index is 574. The number of hydrogen-bond donors (Lipinski definition) is 0. The second-order valence-electron chi connectivity index (χ2n) is 4.31. The van der Waals surface area contributed by atoms with E-state index >= 15 is 0 Å². The minimum atomic E-state index is -0.102. The Hall–Kier alpha value is -2.49. The van der Waals surface area contributed by atoms with Gasteiger partial charge in [0.1, 0.15) is 5.69 Å². The molecule has 0 spiro atoms. The van der Waals surface area contributed by atoms with Gasteiger partial charge in [0.15, 0.2) is 0 Å². The minimum absolute atomic E-state index is 0.102. The molecule has 4 nitrogen and oxygen atoms in total. The number of rotatable bonds is 4. The van der Waals surface area contributed by atoms with Crippen LogP contribution in [-0.2, 0) is 0 Å². The van der Waals surface area contributed by atoms with E-state index in [0.717, 1.165) is 11.1 Å². The van der Waals surface area contributed by atoms with E-state index in [1.54, 1.807) is 30.9 Å². The van der Waals surface area contributed by atoms with E-state index < -0.39 is 0 Å². The van der Waals surface area contributed by atoms with Gasteiger partial charge in [0, 0.05) is 50.5 Å². The number of pyridine rings is 2. The number of nitrogens with zero attached hydrogens (tertiary/aromatic N) is 3. The predicted molar refractivity (Wildman–Crippen MR) is 74.6 cm³/mol. The zero-order chi connectivity index (χ0) is 13.7. The van der Waals surface area contributed by atoms with E-state index in [4.69, 9.17) is 0 Å².